The molecule has 1 N–H and O–H groups in total. The Morgan fingerprint density at radius 1 is 1.10 bits per heavy atom. The minimum Gasteiger partial charge on any atom is -0.493 e. The Balaban J connectivity index is 1.83. The number of benzene rings is 2. The van der Waals surface area contributed by atoms with Gasteiger partial charge < -0.3 is 14.4 Å². The summed E-state index contributed by atoms with van der Waals surface area (Å²) in [6.07, 6.45) is 0. The zero-order chi connectivity index (χ0) is 22.1. The topological polar surface area (TPSA) is 93.7 Å². The first-order valence-corrected chi connectivity index (χ1v) is 10.4. The van der Waals surface area contributed by atoms with Crippen molar-refractivity contribution in [3.05, 3.63) is 64.2 Å². The van der Waals surface area contributed by atoms with Gasteiger partial charge in [-0.1, -0.05) is 35.6 Å². The number of aromatic nitrogens is 2. The quantitative estimate of drug-likeness (QED) is 0.656. The summed E-state index contributed by atoms with van der Waals surface area (Å²) in [6, 6.07) is 12.1. The number of hydrogen-bond acceptors (Lipinski definition) is 7. The second kappa shape index (κ2) is 8.35. The number of rotatable bonds is 5. The lowest BCUT2D eigenvalue weighted by atomic mass is 9.79. The first kappa shape index (κ1) is 20.8. The molecule has 3 aromatic rings. The van der Waals surface area contributed by atoms with Gasteiger partial charge in [0.1, 0.15) is 5.01 Å². The van der Waals surface area contributed by atoms with E-state index in [1.54, 1.807) is 50.4 Å². The highest BCUT2D eigenvalue weighted by Gasteiger charge is 2.43. The summed E-state index contributed by atoms with van der Waals surface area (Å²) in [6.45, 7) is 1.82. The number of anilines is 1. The number of methoxy groups -OCH3 is 2. The molecule has 0 aliphatic carbocycles. The molecular weight excluding hydrogens is 416 g/mol. The van der Waals surface area contributed by atoms with Crippen LogP contribution in [0.15, 0.2) is 42.5 Å². The minimum absolute atomic E-state index is 0.147. The second-order valence-corrected chi connectivity index (χ2v) is 8.34. The van der Waals surface area contributed by atoms with Crippen molar-refractivity contribution in [1.82, 2.24) is 15.1 Å². The van der Waals surface area contributed by atoms with Gasteiger partial charge in [-0.05, 0) is 36.2 Å². The highest BCUT2D eigenvalue weighted by Crippen LogP contribution is 2.44. The van der Waals surface area contributed by atoms with Gasteiger partial charge in [0, 0.05) is 12.6 Å². The van der Waals surface area contributed by atoms with Crippen molar-refractivity contribution in [3.63, 3.8) is 0 Å². The predicted molar refractivity (Wildman–Crippen MR) is 117 cm³/mol. The molecule has 160 valence electrons. The number of fused-ring (bicyclic) bond motifs is 1. The third-order valence-electron chi connectivity index (χ3n) is 5.37. The van der Waals surface area contributed by atoms with Gasteiger partial charge in [0.2, 0.25) is 11.0 Å². The van der Waals surface area contributed by atoms with E-state index in [1.807, 2.05) is 25.1 Å². The molecule has 0 spiro atoms. The monoisotopic (exact) mass is 438 g/mol. The minimum atomic E-state index is -0.652. The Kier molecular flexibility index (Phi) is 5.60. The van der Waals surface area contributed by atoms with Crippen molar-refractivity contribution in [2.24, 2.45) is 0 Å². The van der Waals surface area contributed by atoms with Gasteiger partial charge in [-0.15, -0.1) is 10.2 Å². The molecule has 31 heavy (non-hydrogen) atoms. The van der Waals surface area contributed by atoms with Crippen molar-refractivity contribution < 1.29 is 19.1 Å². The maximum atomic E-state index is 13.5. The summed E-state index contributed by atoms with van der Waals surface area (Å²) in [5, 5.41) is 12.0. The average molecular weight is 439 g/mol. The number of likely N-dealkylation sites (N-methyl/N-ethyl adjacent to an activating group) is 1. The van der Waals surface area contributed by atoms with Crippen molar-refractivity contribution >= 4 is 28.3 Å². The van der Waals surface area contributed by atoms with Crippen LogP contribution < -0.4 is 14.8 Å². The highest BCUT2D eigenvalue weighted by molar-refractivity contribution is 7.15. The van der Waals surface area contributed by atoms with Gasteiger partial charge in [0.15, 0.2) is 11.5 Å². The standard InChI is InChI=1S/C22H22N4O4S/c1-12-24-25-22(31-12)23-20(27)18-14-7-5-6-8-15(14)21(28)26(2)19(18)13-9-10-16(29-3)17(11-13)30-4/h5-11,18-19H,1-4H3,(H,23,25,27)/t18-,19+/m1/s1. The van der Waals surface area contributed by atoms with Gasteiger partial charge in [-0.2, -0.15) is 0 Å². The number of nitrogens with zero attached hydrogens (tertiary/aromatic N) is 3. The fourth-order valence-corrected chi connectivity index (χ4v) is 4.54. The number of hydrogen-bond donors (Lipinski definition) is 1. The number of nitrogens with one attached hydrogen (secondary N) is 1. The number of carbonyl (C=O) groups is 2. The lowest BCUT2D eigenvalue weighted by Crippen LogP contribution is -2.44. The lowest BCUT2D eigenvalue weighted by molar-refractivity contribution is -0.119. The Morgan fingerprint density at radius 2 is 1.84 bits per heavy atom. The molecular formula is C22H22N4O4S. The van der Waals surface area contributed by atoms with Crippen LogP contribution in [0.3, 0.4) is 0 Å². The summed E-state index contributed by atoms with van der Waals surface area (Å²) >= 11 is 1.30. The van der Waals surface area contributed by atoms with Crippen molar-refractivity contribution in [2.75, 3.05) is 26.6 Å². The lowest BCUT2D eigenvalue weighted by Gasteiger charge is -2.39. The third kappa shape index (κ3) is 3.72. The molecule has 0 saturated carbocycles. The molecule has 1 aliphatic heterocycles. The van der Waals surface area contributed by atoms with E-state index >= 15 is 0 Å². The average Bonchev–Trinajstić information content (AvgIpc) is 3.19. The zero-order valence-corrected chi connectivity index (χ0v) is 18.4. The Labute approximate surface area is 183 Å². The molecule has 1 aromatic heterocycles. The van der Waals surface area contributed by atoms with E-state index in [2.05, 4.69) is 15.5 Å². The zero-order valence-electron chi connectivity index (χ0n) is 17.6. The molecule has 2 aromatic carbocycles. The maximum Gasteiger partial charge on any atom is 0.254 e. The van der Waals surface area contributed by atoms with Crippen molar-refractivity contribution in [3.8, 4) is 11.5 Å². The van der Waals surface area contributed by atoms with Crippen molar-refractivity contribution in [2.45, 2.75) is 18.9 Å². The Bertz CT molecular complexity index is 1150. The molecule has 0 unspecified atom stereocenters. The van der Waals surface area contributed by atoms with Crippen molar-refractivity contribution in [1.29, 1.82) is 0 Å². The number of amides is 2. The van der Waals surface area contributed by atoms with E-state index in [-0.39, 0.29) is 11.8 Å². The number of carbonyl (C=O) groups excluding carboxylic acids is 2. The SMILES string of the molecule is COc1ccc([C@H]2[C@H](C(=O)Nc3nnc(C)s3)c3ccccc3C(=O)N2C)cc1OC. The van der Waals surface area contributed by atoms with Gasteiger partial charge in [-0.3, -0.25) is 14.9 Å². The molecule has 4 rings (SSSR count). The fraction of sp³-hybridized carbons (Fsp3) is 0.273. The van der Waals surface area contributed by atoms with Crippen LogP contribution in [0.5, 0.6) is 11.5 Å². The van der Waals surface area contributed by atoms with E-state index in [0.717, 1.165) is 10.6 Å². The molecule has 2 atom stereocenters. The van der Waals surface area contributed by atoms with Gasteiger partial charge in [0.05, 0.1) is 26.2 Å². The summed E-state index contributed by atoms with van der Waals surface area (Å²) in [7, 11) is 4.81. The maximum absolute atomic E-state index is 13.5. The fourth-order valence-electron chi connectivity index (χ4n) is 3.94. The van der Waals surface area contributed by atoms with E-state index < -0.39 is 12.0 Å². The molecule has 0 saturated heterocycles. The van der Waals surface area contributed by atoms with Gasteiger partial charge >= 0.3 is 0 Å². The van der Waals surface area contributed by atoms with Crippen LogP contribution in [0.25, 0.3) is 0 Å². The smallest absolute Gasteiger partial charge is 0.254 e. The van der Waals surface area contributed by atoms with Crippen LogP contribution in [0.2, 0.25) is 0 Å². The van der Waals surface area contributed by atoms with E-state index in [1.165, 1.54) is 11.3 Å². The third-order valence-corrected chi connectivity index (χ3v) is 6.12. The molecule has 0 radical (unpaired) electrons. The van der Waals surface area contributed by atoms with E-state index in [9.17, 15) is 9.59 Å². The number of aryl methyl sites for hydroxylation is 1. The molecule has 1 aliphatic rings. The van der Waals surface area contributed by atoms with Gasteiger partial charge in [-0.25, -0.2) is 0 Å². The summed E-state index contributed by atoms with van der Waals surface area (Å²) in [5.74, 6) is 0.0375. The normalized spacial score (nSPS) is 17.8. The predicted octanol–water partition coefficient (Wildman–Crippen LogP) is 3.41. The largest absolute Gasteiger partial charge is 0.493 e. The molecule has 2 heterocycles. The summed E-state index contributed by atoms with van der Waals surface area (Å²) < 4.78 is 10.8. The van der Waals surface area contributed by atoms with E-state index in [0.29, 0.717) is 27.8 Å². The van der Waals surface area contributed by atoms with Crippen LogP contribution in [-0.4, -0.2) is 48.2 Å². The Hall–Kier alpha value is -3.46. The molecule has 0 fully saturated rings. The van der Waals surface area contributed by atoms with Crippen LogP contribution in [0, 0.1) is 6.92 Å². The van der Waals surface area contributed by atoms with Gasteiger partial charge in [0.25, 0.3) is 5.91 Å². The Morgan fingerprint density at radius 3 is 2.52 bits per heavy atom. The van der Waals surface area contributed by atoms with E-state index in [4.69, 9.17) is 9.47 Å². The molecule has 0 bridgehead atoms. The van der Waals surface area contributed by atoms with Crippen LogP contribution >= 0.6 is 11.3 Å². The summed E-state index contributed by atoms with van der Waals surface area (Å²) in [5.41, 5.74) is 1.94. The summed E-state index contributed by atoms with van der Waals surface area (Å²) in [4.78, 5) is 28.2. The number of ether oxygens (including phenoxy) is 2. The molecule has 8 nitrogen and oxygen atoms in total. The highest BCUT2D eigenvalue weighted by atomic mass is 32.1. The second-order valence-electron chi connectivity index (χ2n) is 7.16. The van der Waals surface area contributed by atoms with Crippen LogP contribution in [0.4, 0.5) is 5.13 Å². The molecule has 9 heteroatoms. The first-order valence-electron chi connectivity index (χ1n) is 9.63. The first-order chi connectivity index (χ1) is 14.9. The van der Waals surface area contributed by atoms with Crippen LogP contribution in [-0.2, 0) is 4.79 Å². The molecule has 2 amide bonds. The van der Waals surface area contributed by atoms with Crippen LogP contribution in [0.1, 0.15) is 38.5 Å².